The lowest BCUT2D eigenvalue weighted by Gasteiger charge is -2.23. The molecule has 3 nitrogen and oxygen atoms in total. The number of ether oxygens (including phenoxy) is 1. The van der Waals surface area contributed by atoms with Crippen molar-refractivity contribution in [3.8, 4) is 0 Å². The lowest BCUT2D eigenvalue weighted by molar-refractivity contribution is -0.150. The maximum absolute atomic E-state index is 12.4. The largest absolute Gasteiger partial charge is 0.461 e. The molecular weight excluding hydrogens is 392 g/mol. The summed E-state index contributed by atoms with van der Waals surface area (Å²) in [6.07, 6.45) is 5.80. The van der Waals surface area contributed by atoms with Gasteiger partial charge in [0.15, 0.2) is 5.78 Å². The average Bonchev–Trinajstić information content (AvgIpc) is 2.67. The van der Waals surface area contributed by atoms with E-state index in [1.165, 1.54) is 0 Å². The second-order valence-electron chi connectivity index (χ2n) is 6.58. The number of carbonyl (C=O) groups excluding carboxylic acids is 2. The van der Waals surface area contributed by atoms with Gasteiger partial charge in [0.25, 0.3) is 0 Å². The molecule has 0 N–H and O–H groups in total. The van der Waals surface area contributed by atoms with E-state index in [0.717, 1.165) is 10.0 Å². The number of esters is 1. The monoisotopic (exact) mass is 412 g/mol. The van der Waals surface area contributed by atoms with Gasteiger partial charge in [-0.3, -0.25) is 9.59 Å². The van der Waals surface area contributed by atoms with E-state index in [1.54, 1.807) is 0 Å². The van der Waals surface area contributed by atoms with Crippen LogP contribution in [0.2, 0.25) is 0 Å². The summed E-state index contributed by atoms with van der Waals surface area (Å²) in [5.41, 5.74) is 1.68. The average molecular weight is 413 g/mol. The normalized spacial score (nSPS) is 19.1. The molecule has 0 saturated heterocycles. The van der Waals surface area contributed by atoms with Gasteiger partial charge in [-0.2, -0.15) is 0 Å². The maximum atomic E-state index is 12.4. The van der Waals surface area contributed by atoms with Gasteiger partial charge >= 0.3 is 5.97 Å². The fourth-order valence-electron chi connectivity index (χ4n) is 3.16. The van der Waals surface area contributed by atoms with Crippen LogP contribution in [-0.2, 0) is 16.1 Å². The minimum atomic E-state index is -0.181. The molecule has 0 amide bonds. The SMILES string of the molecule is O=C(CC1C=CC[C@@H](C(=O)OCc2ccccc2)C1)c1ccc(Br)cc1. The Hall–Kier alpha value is -2.20. The van der Waals surface area contributed by atoms with Gasteiger partial charge in [0.1, 0.15) is 6.61 Å². The molecule has 0 spiro atoms. The van der Waals surface area contributed by atoms with Crippen molar-refractivity contribution in [1.29, 1.82) is 0 Å². The molecular formula is C22H21BrO3. The second-order valence-corrected chi connectivity index (χ2v) is 7.50. The number of ketones is 1. The summed E-state index contributed by atoms with van der Waals surface area (Å²) in [6, 6.07) is 17.1. The van der Waals surface area contributed by atoms with Gasteiger partial charge < -0.3 is 4.74 Å². The molecule has 1 unspecified atom stereocenters. The minimum Gasteiger partial charge on any atom is -0.461 e. The smallest absolute Gasteiger partial charge is 0.309 e. The number of carbonyl (C=O) groups is 2. The van der Waals surface area contributed by atoms with E-state index in [1.807, 2.05) is 60.7 Å². The van der Waals surface area contributed by atoms with Crippen molar-refractivity contribution in [3.63, 3.8) is 0 Å². The molecule has 1 aliphatic carbocycles. The number of benzene rings is 2. The molecule has 2 atom stereocenters. The summed E-state index contributed by atoms with van der Waals surface area (Å²) in [4.78, 5) is 24.8. The number of rotatable bonds is 6. The highest BCUT2D eigenvalue weighted by Gasteiger charge is 2.27. The molecule has 0 aromatic heterocycles. The predicted molar refractivity (Wildman–Crippen MR) is 105 cm³/mol. The maximum Gasteiger partial charge on any atom is 0.309 e. The van der Waals surface area contributed by atoms with Gasteiger partial charge in [-0.15, -0.1) is 0 Å². The van der Waals surface area contributed by atoms with E-state index >= 15 is 0 Å². The Morgan fingerprint density at radius 3 is 2.50 bits per heavy atom. The van der Waals surface area contributed by atoms with Crippen LogP contribution in [0.4, 0.5) is 0 Å². The topological polar surface area (TPSA) is 43.4 Å². The molecule has 134 valence electrons. The summed E-state index contributed by atoms with van der Waals surface area (Å²) in [6.45, 7) is 0.294. The molecule has 3 rings (SSSR count). The third-order valence-corrected chi connectivity index (χ3v) is 5.12. The van der Waals surface area contributed by atoms with Crippen LogP contribution in [0.25, 0.3) is 0 Å². The molecule has 0 radical (unpaired) electrons. The van der Waals surface area contributed by atoms with Crippen LogP contribution in [0.3, 0.4) is 0 Å². The second kappa shape index (κ2) is 8.95. The quantitative estimate of drug-likeness (QED) is 0.364. The van der Waals surface area contributed by atoms with Crippen LogP contribution in [0.5, 0.6) is 0 Å². The third kappa shape index (κ3) is 5.15. The van der Waals surface area contributed by atoms with E-state index in [4.69, 9.17) is 4.74 Å². The van der Waals surface area contributed by atoms with Crippen molar-refractivity contribution in [2.24, 2.45) is 11.8 Å². The van der Waals surface area contributed by atoms with E-state index in [9.17, 15) is 9.59 Å². The molecule has 2 aromatic rings. The highest BCUT2D eigenvalue weighted by molar-refractivity contribution is 9.10. The fourth-order valence-corrected chi connectivity index (χ4v) is 3.42. The van der Waals surface area contributed by atoms with Crippen molar-refractivity contribution in [1.82, 2.24) is 0 Å². The summed E-state index contributed by atoms with van der Waals surface area (Å²) in [7, 11) is 0. The van der Waals surface area contributed by atoms with Crippen LogP contribution in [-0.4, -0.2) is 11.8 Å². The molecule has 0 heterocycles. The summed E-state index contributed by atoms with van der Waals surface area (Å²) >= 11 is 3.37. The van der Waals surface area contributed by atoms with Crippen LogP contribution < -0.4 is 0 Å². The lowest BCUT2D eigenvalue weighted by atomic mass is 9.83. The first-order valence-corrected chi connectivity index (χ1v) is 9.57. The number of allylic oxidation sites excluding steroid dienone is 2. The van der Waals surface area contributed by atoms with Crippen molar-refractivity contribution in [2.75, 3.05) is 0 Å². The minimum absolute atomic E-state index is 0.0779. The highest BCUT2D eigenvalue weighted by atomic mass is 79.9. The van der Waals surface area contributed by atoms with Gasteiger partial charge in [0, 0.05) is 16.5 Å². The van der Waals surface area contributed by atoms with Gasteiger partial charge in [-0.05, 0) is 36.5 Å². The molecule has 4 heteroatoms. The summed E-state index contributed by atoms with van der Waals surface area (Å²) < 4.78 is 6.41. The van der Waals surface area contributed by atoms with Crippen molar-refractivity contribution >= 4 is 27.7 Å². The van der Waals surface area contributed by atoms with Gasteiger partial charge in [-0.1, -0.05) is 70.5 Å². The van der Waals surface area contributed by atoms with Crippen molar-refractivity contribution in [2.45, 2.75) is 25.9 Å². The Kier molecular flexibility index (Phi) is 6.40. The lowest BCUT2D eigenvalue weighted by Crippen LogP contribution is -2.23. The van der Waals surface area contributed by atoms with Crippen LogP contribution in [0, 0.1) is 11.8 Å². The van der Waals surface area contributed by atoms with Crippen LogP contribution in [0.15, 0.2) is 71.2 Å². The highest BCUT2D eigenvalue weighted by Crippen LogP contribution is 2.28. The van der Waals surface area contributed by atoms with E-state index in [0.29, 0.717) is 31.4 Å². The molecule has 0 aliphatic heterocycles. The van der Waals surface area contributed by atoms with Gasteiger partial charge in [-0.25, -0.2) is 0 Å². The standard InChI is InChI=1S/C22H21BrO3/c23-20-11-9-18(10-12-20)21(24)14-17-7-4-8-19(13-17)22(25)26-15-16-5-2-1-3-6-16/h1-7,9-12,17,19H,8,13-15H2/t17?,19-/m1/s1. The number of hydrogen-bond donors (Lipinski definition) is 0. The van der Waals surface area contributed by atoms with E-state index in [2.05, 4.69) is 22.0 Å². The van der Waals surface area contributed by atoms with Gasteiger partial charge in [0.2, 0.25) is 0 Å². The zero-order valence-electron chi connectivity index (χ0n) is 14.4. The Balaban J connectivity index is 1.52. The van der Waals surface area contributed by atoms with E-state index in [-0.39, 0.29) is 23.6 Å². The third-order valence-electron chi connectivity index (χ3n) is 4.59. The molecule has 0 saturated carbocycles. The van der Waals surface area contributed by atoms with Crippen molar-refractivity contribution in [3.05, 3.63) is 82.3 Å². The molecule has 26 heavy (non-hydrogen) atoms. The Morgan fingerprint density at radius 2 is 1.77 bits per heavy atom. The van der Waals surface area contributed by atoms with Crippen molar-refractivity contribution < 1.29 is 14.3 Å². The first-order valence-electron chi connectivity index (χ1n) is 8.78. The Labute approximate surface area is 162 Å². The first-order chi connectivity index (χ1) is 12.6. The first kappa shape index (κ1) is 18.6. The zero-order chi connectivity index (χ0) is 18.4. The van der Waals surface area contributed by atoms with Gasteiger partial charge in [0.05, 0.1) is 5.92 Å². The van der Waals surface area contributed by atoms with E-state index < -0.39 is 0 Å². The van der Waals surface area contributed by atoms with Crippen LogP contribution >= 0.6 is 15.9 Å². The summed E-state index contributed by atoms with van der Waals surface area (Å²) in [5.74, 6) is -0.176. The predicted octanol–water partition coefficient (Wildman–Crippen LogP) is 5.35. The number of hydrogen-bond acceptors (Lipinski definition) is 3. The summed E-state index contributed by atoms with van der Waals surface area (Å²) in [5, 5.41) is 0. The Bertz CT molecular complexity index is 781. The number of Topliss-reactive ketones (excluding diaryl/α,β-unsaturated/α-hetero) is 1. The Morgan fingerprint density at radius 1 is 1.04 bits per heavy atom. The zero-order valence-corrected chi connectivity index (χ0v) is 16.0. The fraction of sp³-hybridized carbons (Fsp3) is 0.273. The molecule has 0 bridgehead atoms. The van der Waals surface area contributed by atoms with Crippen LogP contribution in [0.1, 0.15) is 35.2 Å². The number of halogens is 1. The molecule has 0 fully saturated rings. The molecule has 1 aliphatic rings. The molecule has 2 aromatic carbocycles.